The molecule has 35 heavy (non-hydrogen) atoms. The predicted octanol–water partition coefficient (Wildman–Crippen LogP) is 2.27. The van der Waals surface area contributed by atoms with Crippen molar-refractivity contribution in [2.24, 2.45) is 0 Å². The van der Waals surface area contributed by atoms with E-state index in [0.717, 1.165) is 22.2 Å². The van der Waals surface area contributed by atoms with Crippen LogP contribution in [0.1, 0.15) is 24.5 Å². The van der Waals surface area contributed by atoms with Crippen molar-refractivity contribution < 1.29 is 18.7 Å². The highest BCUT2D eigenvalue weighted by molar-refractivity contribution is 7.76. The summed E-state index contributed by atoms with van der Waals surface area (Å²) in [4.78, 5) is 27.9. The van der Waals surface area contributed by atoms with Gasteiger partial charge in [-0.05, 0) is 54.8 Å². The quantitative estimate of drug-likeness (QED) is 0.355. The molecule has 10 heteroatoms. The van der Waals surface area contributed by atoms with Gasteiger partial charge < -0.3 is 15.0 Å². The first-order valence-corrected chi connectivity index (χ1v) is 12.2. The van der Waals surface area contributed by atoms with Gasteiger partial charge in [-0.15, -0.1) is 4.41 Å². The van der Waals surface area contributed by atoms with Gasteiger partial charge in [0.15, 0.2) is 0 Å². The number of hydrazine groups is 1. The molecule has 1 saturated heterocycles. The maximum Gasteiger partial charge on any atom is 0.305 e. The summed E-state index contributed by atoms with van der Waals surface area (Å²) in [7, 11) is 0. The van der Waals surface area contributed by atoms with Crippen LogP contribution in [0, 0.1) is 11.8 Å². The summed E-state index contributed by atoms with van der Waals surface area (Å²) in [5, 5.41) is 12.2. The largest absolute Gasteiger partial charge is 0.481 e. The number of H-pyrrole nitrogens is 1. The molecule has 1 aliphatic heterocycles. The number of aromatic amines is 1. The topological polar surface area (TPSA) is 117 Å². The van der Waals surface area contributed by atoms with Gasteiger partial charge in [0.2, 0.25) is 11.3 Å². The highest BCUT2D eigenvalue weighted by Gasteiger charge is 2.30. The molecule has 2 unspecified atom stereocenters. The van der Waals surface area contributed by atoms with Crippen LogP contribution < -0.4 is 10.5 Å². The molecule has 0 amide bonds. The van der Waals surface area contributed by atoms with Crippen LogP contribution in [0.25, 0.3) is 10.8 Å². The van der Waals surface area contributed by atoms with Gasteiger partial charge in [-0.3, -0.25) is 14.1 Å². The first-order valence-electron chi connectivity index (χ1n) is 11.2. The Morgan fingerprint density at radius 1 is 1.09 bits per heavy atom. The van der Waals surface area contributed by atoms with Crippen LogP contribution in [-0.4, -0.2) is 66.5 Å². The number of pyridine rings is 1. The third kappa shape index (κ3) is 5.96. The Kier molecular flexibility index (Phi) is 7.63. The van der Waals surface area contributed by atoms with Gasteiger partial charge in [0.05, 0.1) is 6.42 Å². The minimum atomic E-state index is -2.29. The zero-order chi connectivity index (χ0) is 24.9. The maximum atomic E-state index is 12.0. The van der Waals surface area contributed by atoms with Crippen LogP contribution in [-0.2, 0) is 16.1 Å². The molecular formula is C25H26N4O5S. The number of nitrogens with one attached hydrogen (secondary N) is 1. The van der Waals surface area contributed by atoms with Gasteiger partial charge in [-0.25, -0.2) is 9.22 Å². The number of carboxylic acids is 1. The van der Waals surface area contributed by atoms with E-state index in [4.69, 9.17) is 5.11 Å². The van der Waals surface area contributed by atoms with E-state index in [-0.39, 0.29) is 12.0 Å². The molecule has 182 valence electrons. The summed E-state index contributed by atoms with van der Waals surface area (Å²) in [5.74, 6) is 5.23. The fourth-order valence-electron chi connectivity index (χ4n) is 4.17. The Morgan fingerprint density at radius 2 is 1.74 bits per heavy atom. The first-order chi connectivity index (χ1) is 16.8. The molecule has 1 aliphatic rings. The number of piperazine rings is 1. The molecular weight excluding hydrogens is 468 g/mol. The van der Waals surface area contributed by atoms with Crippen LogP contribution in [0.3, 0.4) is 0 Å². The molecule has 0 aliphatic carbocycles. The van der Waals surface area contributed by atoms with Gasteiger partial charge in [0.25, 0.3) is 5.56 Å². The Balaban J connectivity index is 1.40. The third-order valence-electron chi connectivity index (χ3n) is 5.90. The van der Waals surface area contributed by atoms with Gasteiger partial charge in [-0.2, -0.15) is 0 Å². The number of hydrogen-bond donors (Lipinski definition) is 3. The molecule has 4 rings (SSSR count). The zero-order valence-electron chi connectivity index (χ0n) is 19.2. The number of anilines is 1. The molecule has 2 aromatic carbocycles. The monoisotopic (exact) mass is 494 g/mol. The maximum absolute atomic E-state index is 12.0. The number of hydrogen-bond acceptors (Lipinski definition) is 5. The van der Waals surface area contributed by atoms with Crippen molar-refractivity contribution in [3.63, 3.8) is 0 Å². The average Bonchev–Trinajstić information content (AvgIpc) is 2.83. The van der Waals surface area contributed by atoms with Gasteiger partial charge >= 0.3 is 5.97 Å². The van der Waals surface area contributed by atoms with E-state index in [1.165, 1.54) is 4.41 Å². The molecule has 0 bridgehead atoms. The molecule has 9 nitrogen and oxygen atoms in total. The summed E-state index contributed by atoms with van der Waals surface area (Å²) in [6, 6.07) is 14.7. The van der Waals surface area contributed by atoms with Crippen molar-refractivity contribution in [3.05, 3.63) is 76.2 Å². The van der Waals surface area contributed by atoms with Crippen molar-refractivity contribution in [1.82, 2.24) is 14.4 Å². The number of rotatable bonds is 6. The van der Waals surface area contributed by atoms with Crippen molar-refractivity contribution in [3.8, 4) is 11.8 Å². The van der Waals surface area contributed by atoms with Crippen molar-refractivity contribution >= 4 is 33.7 Å². The molecule has 2 heterocycles. The van der Waals surface area contributed by atoms with Crippen LogP contribution in [0.15, 0.2) is 59.5 Å². The Labute approximate surface area is 205 Å². The average molecular weight is 495 g/mol. The zero-order valence-corrected chi connectivity index (χ0v) is 20.0. The smallest absolute Gasteiger partial charge is 0.305 e. The Morgan fingerprint density at radius 3 is 2.40 bits per heavy atom. The van der Waals surface area contributed by atoms with E-state index in [9.17, 15) is 18.4 Å². The van der Waals surface area contributed by atoms with E-state index < -0.39 is 23.3 Å². The summed E-state index contributed by atoms with van der Waals surface area (Å²) in [6.07, 6.45) is 1.41. The second-order valence-electron chi connectivity index (χ2n) is 8.33. The van der Waals surface area contributed by atoms with E-state index in [1.807, 2.05) is 42.5 Å². The Hall–Kier alpha value is -3.49. The summed E-state index contributed by atoms with van der Waals surface area (Å²) in [5.41, 5.74) is 2.49. The SMILES string of the molecule is CC(CC(=O)O)N(N1CCN(c2ccc(C#Cc3ccc4cc[nH]c(=O)c4c3)cc2)CC1)S(=O)O. The predicted molar refractivity (Wildman–Crippen MR) is 135 cm³/mol. The number of nitrogens with zero attached hydrogens (tertiary/aromatic N) is 3. The van der Waals surface area contributed by atoms with Crippen molar-refractivity contribution in [2.45, 2.75) is 19.4 Å². The van der Waals surface area contributed by atoms with Gasteiger partial charge in [0, 0.05) is 60.6 Å². The molecule has 1 aromatic heterocycles. The summed E-state index contributed by atoms with van der Waals surface area (Å²) in [6.45, 7) is 3.89. The molecule has 0 saturated carbocycles. The molecule has 3 aromatic rings. The lowest BCUT2D eigenvalue weighted by molar-refractivity contribution is -0.139. The first kappa shape index (κ1) is 24.6. The van der Waals surface area contributed by atoms with Gasteiger partial charge in [0.1, 0.15) is 0 Å². The molecule has 1 fully saturated rings. The van der Waals surface area contributed by atoms with Crippen LogP contribution >= 0.6 is 0 Å². The second-order valence-corrected chi connectivity index (χ2v) is 9.16. The highest BCUT2D eigenvalue weighted by atomic mass is 32.2. The number of benzene rings is 2. The fraction of sp³-hybridized carbons (Fsp3) is 0.280. The van der Waals surface area contributed by atoms with Crippen LogP contribution in [0.4, 0.5) is 5.69 Å². The van der Waals surface area contributed by atoms with E-state index >= 15 is 0 Å². The highest BCUT2D eigenvalue weighted by Crippen LogP contribution is 2.20. The van der Waals surface area contributed by atoms with Crippen molar-refractivity contribution in [1.29, 1.82) is 0 Å². The summed E-state index contributed by atoms with van der Waals surface area (Å²) >= 11 is -2.29. The molecule has 0 radical (unpaired) electrons. The minimum Gasteiger partial charge on any atom is -0.481 e. The Bertz CT molecular complexity index is 1350. The standard InChI is InChI=1S/C25H26N4O5S/c1-18(16-24(30)31)29(35(33)34)28-14-12-27(13-15-28)22-8-5-19(6-9-22)2-3-20-4-7-21-10-11-26-25(32)23(21)17-20/h4-11,17-18H,12-16H2,1H3,(H,26,32)(H,30,31)(H,33,34). The summed E-state index contributed by atoms with van der Waals surface area (Å²) < 4.78 is 22.7. The number of fused-ring (bicyclic) bond motifs is 1. The molecule has 0 spiro atoms. The number of carboxylic acid groups (broad SMARTS) is 1. The van der Waals surface area contributed by atoms with Crippen molar-refractivity contribution in [2.75, 3.05) is 31.1 Å². The normalized spacial score (nSPS) is 16.0. The van der Waals surface area contributed by atoms with E-state index in [2.05, 4.69) is 21.7 Å². The van der Waals surface area contributed by atoms with E-state index in [0.29, 0.717) is 31.6 Å². The van der Waals surface area contributed by atoms with Crippen LogP contribution in [0.5, 0.6) is 0 Å². The van der Waals surface area contributed by atoms with Gasteiger partial charge in [-0.1, -0.05) is 17.9 Å². The second kappa shape index (κ2) is 10.8. The minimum absolute atomic E-state index is 0.139. The number of carbonyl (C=O) groups is 1. The fourth-order valence-corrected chi connectivity index (χ4v) is 4.92. The number of aliphatic carboxylic acids is 1. The number of aromatic nitrogens is 1. The third-order valence-corrected chi connectivity index (χ3v) is 6.81. The lowest BCUT2D eigenvalue weighted by Crippen LogP contribution is -2.57. The lowest BCUT2D eigenvalue weighted by Gasteiger charge is -2.41. The van der Waals surface area contributed by atoms with Crippen LogP contribution in [0.2, 0.25) is 0 Å². The lowest BCUT2D eigenvalue weighted by atomic mass is 10.1. The van der Waals surface area contributed by atoms with E-state index in [1.54, 1.807) is 24.2 Å². The molecule has 3 N–H and O–H groups in total. The molecule has 2 atom stereocenters.